The van der Waals surface area contributed by atoms with Crippen molar-refractivity contribution in [3.63, 3.8) is 0 Å². The van der Waals surface area contributed by atoms with E-state index in [1.807, 2.05) is 54.6 Å². The molecule has 1 unspecified atom stereocenters. The smallest absolute Gasteiger partial charge is 0.172 e. The number of hydrogen-bond donors (Lipinski definition) is 0. The highest BCUT2D eigenvalue weighted by Crippen LogP contribution is 2.32. The molecular formula is C21H20O3. The van der Waals surface area contributed by atoms with Crippen LogP contribution in [0.2, 0.25) is 0 Å². The number of aldehydes is 1. The first-order valence-electron chi connectivity index (χ1n) is 8.08. The van der Waals surface area contributed by atoms with E-state index in [4.69, 9.17) is 9.47 Å². The van der Waals surface area contributed by atoms with Gasteiger partial charge >= 0.3 is 0 Å². The minimum Gasteiger partial charge on any atom is -0.489 e. The van der Waals surface area contributed by atoms with Gasteiger partial charge in [-0.2, -0.15) is 0 Å². The van der Waals surface area contributed by atoms with Crippen molar-refractivity contribution < 1.29 is 14.3 Å². The van der Waals surface area contributed by atoms with E-state index in [2.05, 4.69) is 12.2 Å². The zero-order valence-electron chi connectivity index (χ0n) is 13.4. The Hall–Kier alpha value is -2.81. The molecule has 1 aliphatic carbocycles. The highest BCUT2D eigenvalue weighted by molar-refractivity contribution is 5.81. The normalized spacial score (nSPS) is 15.9. The van der Waals surface area contributed by atoms with E-state index in [1.165, 1.54) is 0 Å². The van der Waals surface area contributed by atoms with Gasteiger partial charge in [-0.3, -0.25) is 4.79 Å². The molecule has 3 nitrogen and oxygen atoms in total. The largest absolute Gasteiger partial charge is 0.489 e. The first-order valence-corrected chi connectivity index (χ1v) is 8.08. The van der Waals surface area contributed by atoms with Crippen molar-refractivity contribution in [3.8, 4) is 11.5 Å². The van der Waals surface area contributed by atoms with Crippen LogP contribution in [0.15, 0.2) is 72.8 Å². The average Bonchev–Trinajstić information content (AvgIpc) is 2.66. The Morgan fingerprint density at radius 1 is 1.00 bits per heavy atom. The lowest BCUT2D eigenvalue weighted by atomic mass is 10.0. The van der Waals surface area contributed by atoms with Crippen LogP contribution in [0.25, 0.3) is 0 Å². The van der Waals surface area contributed by atoms with E-state index in [9.17, 15) is 4.79 Å². The molecule has 3 heteroatoms. The van der Waals surface area contributed by atoms with Crippen LogP contribution in [0.4, 0.5) is 0 Å². The number of carbonyl (C=O) groups excluding carboxylic acids is 1. The van der Waals surface area contributed by atoms with Crippen LogP contribution in [0.1, 0.15) is 22.3 Å². The maximum Gasteiger partial charge on any atom is 0.172 e. The topological polar surface area (TPSA) is 35.5 Å². The number of para-hydroxylation sites is 1. The molecule has 2 aromatic carbocycles. The third-order valence-electron chi connectivity index (χ3n) is 3.88. The van der Waals surface area contributed by atoms with E-state index in [0.29, 0.717) is 36.2 Å². The molecule has 0 aliphatic heterocycles. The summed E-state index contributed by atoms with van der Waals surface area (Å²) >= 11 is 0. The summed E-state index contributed by atoms with van der Waals surface area (Å²) in [6, 6.07) is 15.3. The summed E-state index contributed by atoms with van der Waals surface area (Å²) in [6.45, 7) is 0.957. The van der Waals surface area contributed by atoms with Gasteiger partial charge in [0.1, 0.15) is 6.61 Å². The zero-order valence-corrected chi connectivity index (χ0v) is 13.4. The second-order valence-corrected chi connectivity index (χ2v) is 5.69. The van der Waals surface area contributed by atoms with Gasteiger partial charge in [-0.1, -0.05) is 60.7 Å². The number of carbonyl (C=O) groups is 1. The molecular weight excluding hydrogens is 300 g/mol. The minimum absolute atomic E-state index is 0.344. The summed E-state index contributed by atoms with van der Waals surface area (Å²) in [5.41, 5.74) is 1.55. The number of allylic oxidation sites excluding steroid dienone is 3. The van der Waals surface area contributed by atoms with Crippen LogP contribution in [0.5, 0.6) is 11.5 Å². The molecule has 0 amide bonds. The molecule has 1 aliphatic rings. The molecule has 0 fully saturated rings. The number of rotatable bonds is 7. The van der Waals surface area contributed by atoms with E-state index in [0.717, 1.165) is 18.3 Å². The lowest BCUT2D eigenvalue weighted by Crippen LogP contribution is -2.11. The quantitative estimate of drug-likeness (QED) is 0.700. The van der Waals surface area contributed by atoms with Crippen molar-refractivity contribution in [2.24, 2.45) is 5.92 Å². The molecule has 0 spiro atoms. The third-order valence-corrected chi connectivity index (χ3v) is 3.88. The van der Waals surface area contributed by atoms with Gasteiger partial charge in [-0.05, 0) is 24.1 Å². The highest BCUT2D eigenvalue weighted by atomic mass is 16.5. The first-order chi connectivity index (χ1) is 11.9. The van der Waals surface area contributed by atoms with Crippen molar-refractivity contribution in [1.29, 1.82) is 0 Å². The molecule has 3 rings (SSSR count). The van der Waals surface area contributed by atoms with Gasteiger partial charge in [0.15, 0.2) is 17.8 Å². The van der Waals surface area contributed by atoms with Crippen LogP contribution < -0.4 is 9.47 Å². The standard InChI is InChI=1S/C21H20O3/c22-14-19-12-7-13-20(23-15-17-8-3-1-4-9-17)21(19)24-16-18-10-5-2-6-11-18/h1-8,10-14,17H,9,15-16H2. The summed E-state index contributed by atoms with van der Waals surface area (Å²) in [4.78, 5) is 11.3. The lowest BCUT2D eigenvalue weighted by Gasteiger charge is -2.18. The summed E-state index contributed by atoms with van der Waals surface area (Å²) in [5, 5.41) is 0. The van der Waals surface area contributed by atoms with Crippen LogP contribution in [0.3, 0.4) is 0 Å². The molecule has 2 aromatic rings. The Balaban J connectivity index is 1.72. The highest BCUT2D eigenvalue weighted by Gasteiger charge is 2.13. The molecule has 0 bridgehead atoms. The predicted molar refractivity (Wildman–Crippen MR) is 94.5 cm³/mol. The Bertz CT molecular complexity index is 732. The summed E-state index contributed by atoms with van der Waals surface area (Å²) in [6.07, 6.45) is 10.1. The van der Waals surface area contributed by atoms with E-state index in [1.54, 1.807) is 6.07 Å². The van der Waals surface area contributed by atoms with E-state index >= 15 is 0 Å². The van der Waals surface area contributed by atoms with Gasteiger partial charge in [0.2, 0.25) is 0 Å². The number of ether oxygens (including phenoxy) is 2. The van der Waals surface area contributed by atoms with Crippen molar-refractivity contribution in [1.82, 2.24) is 0 Å². The fourth-order valence-corrected chi connectivity index (χ4v) is 2.58. The van der Waals surface area contributed by atoms with Gasteiger partial charge in [-0.15, -0.1) is 0 Å². The van der Waals surface area contributed by atoms with Gasteiger partial charge in [0.25, 0.3) is 0 Å². The molecule has 0 radical (unpaired) electrons. The van der Waals surface area contributed by atoms with Gasteiger partial charge in [-0.25, -0.2) is 0 Å². The molecule has 0 saturated heterocycles. The molecule has 24 heavy (non-hydrogen) atoms. The van der Waals surface area contributed by atoms with Gasteiger partial charge < -0.3 is 9.47 Å². The fourth-order valence-electron chi connectivity index (χ4n) is 2.58. The van der Waals surface area contributed by atoms with Crippen LogP contribution in [-0.2, 0) is 6.61 Å². The Morgan fingerprint density at radius 3 is 2.62 bits per heavy atom. The van der Waals surface area contributed by atoms with E-state index < -0.39 is 0 Å². The average molecular weight is 320 g/mol. The Kier molecular flexibility index (Phi) is 5.46. The summed E-state index contributed by atoms with van der Waals surface area (Å²) in [5.74, 6) is 1.46. The van der Waals surface area contributed by atoms with Crippen molar-refractivity contribution in [2.45, 2.75) is 13.0 Å². The zero-order chi connectivity index (χ0) is 16.6. The maximum absolute atomic E-state index is 11.3. The van der Waals surface area contributed by atoms with Gasteiger partial charge in [0.05, 0.1) is 12.2 Å². The van der Waals surface area contributed by atoms with Crippen molar-refractivity contribution >= 4 is 6.29 Å². The van der Waals surface area contributed by atoms with Crippen molar-refractivity contribution in [2.75, 3.05) is 6.61 Å². The minimum atomic E-state index is 0.344. The maximum atomic E-state index is 11.3. The molecule has 1 atom stereocenters. The SMILES string of the molecule is O=Cc1cccc(OCC2C=CC=CC2)c1OCc1ccccc1. The molecule has 0 N–H and O–H groups in total. The van der Waals surface area contributed by atoms with Crippen LogP contribution >= 0.6 is 0 Å². The number of hydrogen-bond acceptors (Lipinski definition) is 3. The third kappa shape index (κ3) is 4.13. The molecule has 0 heterocycles. The summed E-state index contributed by atoms with van der Waals surface area (Å²) in [7, 11) is 0. The van der Waals surface area contributed by atoms with Crippen LogP contribution in [-0.4, -0.2) is 12.9 Å². The fraction of sp³-hybridized carbons (Fsp3) is 0.190. The summed E-state index contributed by atoms with van der Waals surface area (Å²) < 4.78 is 11.8. The predicted octanol–water partition coefficient (Wildman–Crippen LogP) is 4.59. The number of benzene rings is 2. The Morgan fingerprint density at radius 2 is 1.88 bits per heavy atom. The van der Waals surface area contributed by atoms with Gasteiger partial charge in [0, 0.05) is 5.92 Å². The molecule has 0 saturated carbocycles. The van der Waals surface area contributed by atoms with Crippen LogP contribution in [0, 0.1) is 5.92 Å². The molecule has 122 valence electrons. The second-order valence-electron chi connectivity index (χ2n) is 5.69. The van der Waals surface area contributed by atoms with Crippen molar-refractivity contribution in [3.05, 3.63) is 84.0 Å². The lowest BCUT2D eigenvalue weighted by molar-refractivity contribution is 0.111. The monoisotopic (exact) mass is 320 g/mol. The molecule has 0 aromatic heterocycles. The van der Waals surface area contributed by atoms with E-state index in [-0.39, 0.29) is 0 Å². The first kappa shape index (κ1) is 16.1. The second kappa shape index (κ2) is 8.16. The Labute approximate surface area is 142 Å².